The van der Waals surface area contributed by atoms with E-state index in [0.29, 0.717) is 28.1 Å². The summed E-state index contributed by atoms with van der Waals surface area (Å²) >= 11 is 12.1. The van der Waals surface area contributed by atoms with Crippen LogP contribution in [0.4, 0.5) is 5.69 Å². The fraction of sp³-hybridized carbons (Fsp3) is 0.182. The highest BCUT2D eigenvalue weighted by Crippen LogP contribution is 2.31. The molecule has 2 N–H and O–H groups in total. The van der Waals surface area contributed by atoms with Crippen molar-refractivity contribution in [1.82, 2.24) is 24.9 Å². The quantitative estimate of drug-likeness (QED) is 0.354. The Bertz CT molecular complexity index is 1300. The number of carbonyl (C=O) groups excluding carboxylic acids is 2. The van der Waals surface area contributed by atoms with Crippen LogP contribution in [0.2, 0.25) is 10.0 Å². The standard InChI is InChI=1S/C22H20Cl2N6O4/c1-2-29-12-17(20(28-29)22(32)25-11-14-5-4-10-33-14)26-21(31)16-8-9-30(27-16)13-34-18-7-3-6-15(23)19(18)24/h3-10,12H,2,11,13H2,1H3,(H,25,32)(H,26,31). The summed E-state index contributed by atoms with van der Waals surface area (Å²) in [4.78, 5) is 25.4. The van der Waals surface area contributed by atoms with Gasteiger partial charge in [-0.05, 0) is 37.3 Å². The average Bonchev–Trinajstić information content (AvgIpc) is 3.59. The van der Waals surface area contributed by atoms with Gasteiger partial charge >= 0.3 is 0 Å². The molecule has 1 aromatic carbocycles. The number of halogens is 2. The van der Waals surface area contributed by atoms with Crippen molar-refractivity contribution in [2.24, 2.45) is 0 Å². The van der Waals surface area contributed by atoms with Gasteiger partial charge in [-0.15, -0.1) is 0 Å². The maximum atomic E-state index is 12.8. The van der Waals surface area contributed by atoms with E-state index >= 15 is 0 Å². The first kappa shape index (κ1) is 23.4. The molecule has 176 valence electrons. The number of aryl methyl sites for hydroxylation is 1. The number of furan rings is 1. The van der Waals surface area contributed by atoms with Crippen molar-refractivity contribution < 1.29 is 18.7 Å². The average molecular weight is 503 g/mol. The maximum absolute atomic E-state index is 12.8. The van der Waals surface area contributed by atoms with Crippen LogP contribution in [-0.4, -0.2) is 31.4 Å². The van der Waals surface area contributed by atoms with E-state index in [1.807, 2.05) is 6.92 Å². The van der Waals surface area contributed by atoms with Gasteiger partial charge in [0.05, 0.1) is 23.5 Å². The van der Waals surface area contributed by atoms with Crippen LogP contribution in [0.25, 0.3) is 0 Å². The summed E-state index contributed by atoms with van der Waals surface area (Å²) in [7, 11) is 0. The van der Waals surface area contributed by atoms with E-state index in [2.05, 4.69) is 20.8 Å². The Labute approximate surface area is 204 Å². The number of benzene rings is 1. The minimum absolute atomic E-state index is 0.0154. The lowest BCUT2D eigenvalue weighted by atomic mass is 10.3. The second-order valence-corrected chi connectivity index (χ2v) is 7.81. The third-order valence-corrected chi connectivity index (χ3v) is 5.50. The van der Waals surface area contributed by atoms with Crippen LogP contribution in [0, 0.1) is 0 Å². The Balaban J connectivity index is 1.41. The van der Waals surface area contributed by atoms with Crippen molar-refractivity contribution in [3.05, 3.63) is 82.2 Å². The molecule has 4 rings (SSSR count). The van der Waals surface area contributed by atoms with Gasteiger partial charge in [-0.2, -0.15) is 10.2 Å². The van der Waals surface area contributed by atoms with Crippen molar-refractivity contribution in [2.45, 2.75) is 26.7 Å². The molecule has 4 aromatic rings. The molecule has 0 bridgehead atoms. The van der Waals surface area contributed by atoms with Gasteiger partial charge < -0.3 is 19.8 Å². The van der Waals surface area contributed by atoms with Crippen molar-refractivity contribution in [1.29, 1.82) is 0 Å². The number of amides is 2. The third kappa shape index (κ3) is 5.41. The zero-order valence-corrected chi connectivity index (χ0v) is 19.5. The molecule has 0 aliphatic rings. The number of anilines is 1. The molecule has 0 saturated heterocycles. The number of carbonyl (C=O) groups is 2. The first-order valence-electron chi connectivity index (χ1n) is 10.2. The minimum Gasteiger partial charge on any atom is -0.470 e. The predicted molar refractivity (Wildman–Crippen MR) is 125 cm³/mol. The number of nitrogens with zero attached hydrogens (tertiary/aromatic N) is 4. The van der Waals surface area contributed by atoms with Crippen LogP contribution < -0.4 is 15.4 Å². The van der Waals surface area contributed by atoms with Crippen molar-refractivity contribution in [3.8, 4) is 5.75 Å². The number of nitrogens with one attached hydrogen (secondary N) is 2. The molecule has 0 radical (unpaired) electrons. The van der Waals surface area contributed by atoms with Crippen molar-refractivity contribution in [2.75, 3.05) is 5.32 Å². The van der Waals surface area contributed by atoms with Crippen LogP contribution in [0.5, 0.6) is 5.75 Å². The van der Waals surface area contributed by atoms with E-state index in [-0.39, 0.29) is 30.4 Å². The topological polar surface area (TPSA) is 116 Å². The van der Waals surface area contributed by atoms with Crippen LogP contribution in [0.15, 0.2) is 59.5 Å². The smallest absolute Gasteiger partial charge is 0.276 e. The van der Waals surface area contributed by atoms with Gasteiger partial charge in [0.2, 0.25) is 0 Å². The van der Waals surface area contributed by atoms with Gasteiger partial charge in [-0.3, -0.25) is 14.3 Å². The molecular formula is C22H20Cl2N6O4. The van der Waals surface area contributed by atoms with Crippen LogP contribution in [0.3, 0.4) is 0 Å². The van der Waals surface area contributed by atoms with Gasteiger partial charge in [-0.25, -0.2) is 4.68 Å². The second kappa shape index (κ2) is 10.4. The lowest BCUT2D eigenvalue weighted by Gasteiger charge is -2.08. The lowest BCUT2D eigenvalue weighted by molar-refractivity contribution is 0.0943. The number of rotatable bonds is 9. The lowest BCUT2D eigenvalue weighted by Crippen LogP contribution is -2.25. The van der Waals surface area contributed by atoms with E-state index in [1.54, 1.807) is 47.4 Å². The highest BCUT2D eigenvalue weighted by molar-refractivity contribution is 6.42. The first-order chi connectivity index (χ1) is 16.4. The summed E-state index contributed by atoms with van der Waals surface area (Å²) in [5.74, 6) is 0.0417. The monoisotopic (exact) mass is 502 g/mol. The fourth-order valence-electron chi connectivity index (χ4n) is 2.98. The number of hydrogen-bond acceptors (Lipinski definition) is 6. The Morgan fingerprint density at radius 2 is 1.94 bits per heavy atom. The molecule has 3 heterocycles. The summed E-state index contributed by atoms with van der Waals surface area (Å²) < 4.78 is 13.8. The summed E-state index contributed by atoms with van der Waals surface area (Å²) in [5, 5.41) is 14.5. The molecule has 0 aliphatic heterocycles. The van der Waals surface area contributed by atoms with Crippen LogP contribution in [0.1, 0.15) is 33.7 Å². The van der Waals surface area contributed by atoms with Crippen LogP contribution >= 0.6 is 23.2 Å². The molecule has 0 atom stereocenters. The van der Waals surface area contributed by atoms with E-state index in [4.69, 9.17) is 32.4 Å². The SMILES string of the molecule is CCn1cc(NC(=O)c2ccn(COc3cccc(Cl)c3Cl)n2)c(C(=O)NCc2ccco2)n1. The highest BCUT2D eigenvalue weighted by atomic mass is 35.5. The molecule has 10 nitrogen and oxygen atoms in total. The maximum Gasteiger partial charge on any atom is 0.276 e. The molecule has 0 aliphatic carbocycles. The van der Waals surface area contributed by atoms with Gasteiger partial charge in [0, 0.05) is 18.9 Å². The predicted octanol–water partition coefficient (Wildman–Crippen LogP) is 4.22. The molecule has 12 heteroatoms. The van der Waals surface area contributed by atoms with Gasteiger partial charge in [0.25, 0.3) is 11.8 Å². The molecule has 0 unspecified atom stereocenters. The number of ether oxygens (including phenoxy) is 1. The van der Waals surface area contributed by atoms with Crippen molar-refractivity contribution in [3.63, 3.8) is 0 Å². The highest BCUT2D eigenvalue weighted by Gasteiger charge is 2.20. The van der Waals surface area contributed by atoms with Crippen LogP contribution in [-0.2, 0) is 19.8 Å². The summed E-state index contributed by atoms with van der Waals surface area (Å²) in [6.07, 6.45) is 4.69. The first-order valence-corrected chi connectivity index (χ1v) is 11.0. The zero-order valence-electron chi connectivity index (χ0n) is 18.0. The van der Waals surface area contributed by atoms with Gasteiger partial charge in [0.15, 0.2) is 18.1 Å². The summed E-state index contributed by atoms with van der Waals surface area (Å²) in [6, 6.07) is 10.0. The molecule has 0 saturated carbocycles. The molecule has 34 heavy (non-hydrogen) atoms. The fourth-order valence-corrected chi connectivity index (χ4v) is 3.33. The Morgan fingerprint density at radius 3 is 2.71 bits per heavy atom. The molecule has 0 fully saturated rings. The van der Waals surface area contributed by atoms with E-state index in [9.17, 15) is 9.59 Å². The van der Waals surface area contributed by atoms with Crippen molar-refractivity contribution >= 4 is 40.7 Å². The molecule has 2 amide bonds. The van der Waals surface area contributed by atoms with Gasteiger partial charge in [-0.1, -0.05) is 29.3 Å². The zero-order chi connectivity index (χ0) is 24.1. The second-order valence-electron chi connectivity index (χ2n) is 7.03. The molecular weight excluding hydrogens is 483 g/mol. The molecule has 3 aromatic heterocycles. The Morgan fingerprint density at radius 1 is 1.09 bits per heavy atom. The largest absolute Gasteiger partial charge is 0.470 e. The summed E-state index contributed by atoms with van der Waals surface area (Å²) in [6.45, 7) is 2.60. The normalized spacial score (nSPS) is 10.8. The third-order valence-electron chi connectivity index (χ3n) is 4.69. The van der Waals surface area contributed by atoms with E-state index in [1.165, 1.54) is 17.0 Å². The number of hydrogen-bond donors (Lipinski definition) is 2. The van der Waals surface area contributed by atoms with E-state index in [0.717, 1.165) is 0 Å². The summed E-state index contributed by atoms with van der Waals surface area (Å²) in [5.41, 5.74) is 0.479. The van der Waals surface area contributed by atoms with Gasteiger partial charge in [0.1, 0.15) is 16.5 Å². The molecule has 0 spiro atoms. The van der Waals surface area contributed by atoms with E-state index < -0.39 is 11.8 Å². The minimum atomic E-state index is -0.504. The Kier molecular flexibility index (Phi) is 7.19. The Hall–Kier alpha value is -3.76. The number of aromatic nitrogens is 4.